The van der Waals surface area contributed by atoms with Crippen LogP contribution in [0.25, 0.3) is 0 Å². The summed E-state index contributed by atoms with van der Waals surface area (Å²) in [5.74, 6) is 0. The number of hydrogen-bond donors (Lipinski definition) is 1. The molecule has 1 saturated heterocycles. The number of hydrogen-bond acceptors (Lipinski definition) is 4. The highest BCUT2D eigenvalue weighted by Crippen LogP contribution is 2.27. The van der Waals surface area contributed by atoms with E-state index in [4.69, 9.17) is 5.11 Å². The minimum Gasteiger partial charge on any atom is -0.394 e. The molecule has 1 aliphatic heterocycles. The average molecular weight is 314 g/mol. The Kier molecular flexibility index (Phi) is 5.10. The molecule has 1 aliphatic rings. The summed E-state index contributed by atoms with van der Waals surface area (Å²) < 4.78 is 1.85. The van der Waals surface area contributed by atoms with E-state index in [0.29, 0.717) is 12.6 Å². The standard InChI is InChI=1S/C18H26N4O/c1-15-17(13-22(19-15)10-11-23)12-21-9-8-20(2)14-18(21)16-6-4-3-5-7-16/h3-7,13,18,23H,8-12,14H2,1-2H3/t18-/m1/s1. The summed E-state index contributed by atoms with van der Waals surface area (Å²) in [6.45, 7) is 6.84. The maximum absolute atomic E-state index is 9.08. The third-order valence-corrected chi connectivity index (χ3v) is 4.63. The zero-order valence-corrected chi connectivity index (χ0v) is 14.0. The van der Waals surface area contributed by atoms with Crippen LogP contribution in [0, 0.1) is 6.92 Å². The second-order valence-corrected chi connectivity index (χ2v) is 6.39. The Bertz CT molecular complexity index is 625. The lowest BCUT2D eigenvalue weighted by Gasteiger charge is -2.40. The van der Waals surface area contributed by atoms with Gasteiger partial charge >= 0.3 is 0 Å². The average Bonchev–Trinajstić information content (AvgIpc) is 2.90. The summed E-state index contributed by atoms with van der Waals surface area (Å²) in [6.07, 6.45) is 2.08. The zero-order chi connectivity index (χ0) is 16.2. The fraction of sp³-hybridized carbons (Fsp3) is 0.500. The molecule has 0 aliphatic carbocycles. The number of aliphatic hydroxyl groups excluding tert-OH is 1. The molecule has 124 valence electrons. The molecule has 0 bridgehead atoms. The summed E-state index contributed by atoms with van der Waals surface area (Å²) in [4.78, 5) is 4.94. The molecule has 1 N–H and O–H groups in total. The van der Waals surface area contributed by atoms with E-state index < -0.39 is 0 Å². The number of aryl methyl sites for hydroxylation is 1. The van der Waals surface area contributed by atoms with Crippen LogP contribution in [0.5, 0.6) is 0 Å². The van der Waals surface area contributed by atoms with Gasteiger partial charge in [-0.15, -0.1) is 0 Å². The summed E-state index contributed by atoms with van der Waals surface area (Å²) in [5, 5.41) is 13.6. The van der Waals surface area contributed by atoms with E-state index in [-0.39, 0.29) is 6.61 Å². The van der Waals surface area contributed by atoms with Crippen molar-refractivity contribution in [3.05, 3.63) is 53.3 Å². The molecule has 1 fully saturated rings. The van der Waals surface area contributed by atoms with Crippen molar-refractivity contribution in [3.63, 3.8) is 0 Å². The maximum atomic E-state index is 9.08. The molecule has 2 aromatic rings. The number of benzene rings is 1. The Morgan fingerprint density at radius 3 is 2.74 bits per heavy atom. The number of likely N-dealkylation sites (N-methyl/N-ethyl adjacent to an activating group) is 1. The first-order valence-corrected chi connectivity index (χ1v) is 8.28. The van der Waals surface area contributed by atoms with E-state index in [1.807, 2.05) is 4.68 Å². The van der Waals surface area contributed by atoms with Crippen LogP contribution in [0.3, 0.4) is 0 Å². The fourth-order valence-electron chi connectivity index (χ4n) is 3.29. The minimum atomic E-state index is 0.127. The Hall–Kier alpha value is -1.69. The lowest BCUT2D eigenvalue weighted by Crippen LogP contribution is -2.46. The Labute approximate surface area is 138 Å². The van der Waals surface area contributed by atoms with Gasteiger partial charge in [-0.1, -0.05) is 30.3 Å². The first-order valence-electron chi connectivity index (χ1n) is 8.28. The molecule has 0 saturated carbocycles. The number of aliphatic hydroxyl groups is 1. The zero-order valence-electron chi connectivity index (χ0n) is 14.0. The van der Waals surface area contributed by atoms with E-state index in [9.17, 15) is 0 Å². The fourth-order valence-corrected chi connectivity index (χ4v) is 3.29. The predicted molar refractivity (Wildman–Crippen MR) is 91.1 cm³/mol. The first-order chi connectivity index (χ1) is 11.2. The van der Waals surface area contributed by atoms with Crippen LogP contribution in [0.2, 0.25) is 0 Å². The second-order valence-electron chi connectivity index (χ2n) is 6.39. The van der Waals surface area contributed by atoms with Crippen LogP contribution < -0.4 is 0 Å². The Morgan fingerprint density at radius 2 is 2.00 bits per heavy atom. The highest BCUT2D eigenvalue weighted by molar-refractivity contribution is 5.22. The molecule has 1 aromatic heterocycles. The maximum Gasteiger partial charge on any atom is 0.0641 e. The molecule has 2 heterocycles. The molecular weight excluding hydrogens is 288 g/mol. The highest BCUT2D eigenvalue weighted by Gasteiger charge is 2.27. The van der Waals surface area contributed by atoms with Gasteiger partial charge in [-0.2, -0.15) is 5.10 Å². The largest absolute Gasteiger partial charge is 0.394 e. The Morgan fingerprint density at radius 1 is 1.22 bits per heavy atom. The van der Waals surface area contributed by atoms with Crippen LogP contribution in [0.15, 0.2) is 36.5 Å². The smallest absolute Gasteiger partial charge is 0.0641 e. The van der Waals surface area contributed by atoms with Gasteiger partial charge in [0.1, 0.15) is 0 Å². The number of piperazine rings is 1. The molecule has 0 unspecified atom stereocenters. The van der Waals surface area contributed by atoms with Gasteiger partial charge in [0.05, 0.1) is 18.8 Å². The van der Waals surface area contributed by atoms with Crippen molar-refractivity contribution in [3.8, 4) is 0 Å². The molecule has 0 amide bonds. The third-order valence-electron chi connectivity index (χ3n) is 4.63. The van der Waals surface area contributed by atoms with Crippen molar-refractivity contribution < 1.29 is 5.11 Å². The molecule has 1 atom stereocenters. The van der Waals surface area contributed by atoms with E-state index in [1.165, 1.54) is 11.1 Å². The molecule has 3 rings (SSSR count). The molecule has 1 aromatic carbocycles. The minimum absolute atomic E-state index is 0.127. The molecule has 0 spiro atoms. The number of nitrogens with zero attached hydrogens (tertiary/aromatic N) is 4. The van der Waals surface area contributed by atoms with Crippen LogP contribution >= 0.6 is 0 Å². The topological polar surface area (TPSA) is 44.5 Å². The first kappa shape index (κ1) is 16.2. The van der Waals surface area contributed by atoms with E-state index in [1.54, 1.807) is 0 Å². The second kappa shape index (κ2) is 7.25. The van der Waals surface area contributed by atoms with Crippen molar-refractivity contribution in [2.45, 2.75) is 26.1 Å². The van der Waals surface area contributed by atoms with Gasteiger partial charge in [0.15, 0.2) is 0 Å². The number of rotatable bonds is 5. The monoisotopic (exact) mass is 314 g/mol. The van der Waals surface area contributed by atoms with E-state index in [0.717, 1.165) is 31.9 Å². The summed E-state index contributed by atoms with van der Waals surface area (Å²) in [6, 6.07) is 11.2. The molecule has 5 heteroatoms. The van der Waals surface area contributed by atoms with Gasteiger partial charge in [0.25, 0.3) is 0 Å². The summed E-state index contributed by atoms with van der Waals surface area (Å²) >= 11 is 0. The normalized spacial score (nSPS) is 20.0. The van der Waals surface area contributed by atoms with Gasteiger partial charge in [-0.25, -0.2) is 0 Å². The lowest BCUT2D eigenvalue weighted by atomic mass is 10.0. The quantitative estimate of drug-likeness (QED) is 0.912. The van der Waals surface area contributed by atoms with Gasteiger partial charge in [0, 0.05) is 44.0 Å². The van der Waals surface area contributed by atoms with Gasteiger partial charge in [-0.3, -0.25) is 9.58 Å². The van der Waals surface area contributed by atoms with Crippen LogP contribution in [0.4, 0.5) is 0 Å². The SMILES string of the molecule is Cc1nn(CCO)cc1CN1CCN(C)C[C@@H]1c1ccccc1. The molecule has 23 heavy (non-hydrogen) atoms. The Balaban J connectivity index is 1.79. The molecular formula is C18H26N4O. The third kappa shape index (κ3) is 3.80. The van der Waals surface area contributed by atoms with Crippen molar-refractivity contribution in [2.75, 3.05) is 33.3 Å². The van der Waals surface area contributed by atoms with Crippen molar-refractivity contribution in [1.82, 2.24) is 19.6 Å². The molecule has 0 radical (unpaired) electrons. The van der Waals surface area contributed by atoms with Crippen LogP contribution in [0.1, 0.15) is 22.9 Å². The molecule has 5 nitrogen and oxygen atoms in total. The van der Waals surface area contributed by atoms with Crippen LogP contribution in [-0.4, -0.2) is 58.0 Å². The van der Waals surface area contributed by atoms with E-state index >= 15 is 0 Å². The van der Waals surface area contributed by atoms with Crippen molar-refractivity contribution >= 4 is 0 Å². The summed E-state index contributed by atoms with van der Waals surface area (Å²) in [7, 11) is 2.19. The highest BCUT2D eigenvalue weighted by atomic mass is 16.3. The van der Waals surface area contributed by atoms with Crippen LogP contribution in [-0.2, 0) is 13.1 Å². The lowest BCUT2D eigenvalue weighted by molar-refractivity contribution is 0.0832. The van der Waals surface area contributed by atoms with Gasteiger partial charge < -0.3 is 10.0 Å². The van der Waals surface area contributed by atoms with Gasteiger partial charge in [0.2, 0.25) is 0 Å². The summed E-state index contributed by atoms with van der Waals surface area (Å²) in [5.41, 5.74) is 3.69. The van der Waals surface area contributed by atoms with Crippen molar-refractivity contribution in [1.29, 1.82) is 0 Å². The number of aromatic nitrogens is 2. The predicted octanol–water partition coefficient (Wildman–Crippen LogP) is 1.67. The van der Waals surface area contributed by atoms with Crippen molar-refractivity contribution in [2.24, 2.45) is 0 Å². The van der Waals surface area contributed by atoms with E-state index in [2.05, 4.69) is 65.4 Å². The van der Waals surface area contributed by atoms with Gasteiger partial charge in [-0.05, 0) is 19.5 Å².